The lowest BCUT2D eigenvalue weighted by Gasteiger charge is -2.10. The van der Waals surface area contributed by atoms with Gasteiger partial charge in [0.25, 0.3) is 5.91 Å². The fourth-order valence-electron chi connectivity index (χ4n) is 1.52. The fraction of sp³-hybridized carbons (Fsp3) is 0.429. The number of anilines is 1. The second-order valence-electron chi connectivity index (χ2n) is 4.95. The number of aryl methyl sites for hydroxylation is 1. The lowest BCUT2D eigenvalue weighted by Crippen LogP contribution is -2.38. The number of carbonyl (C=O) groups is 2. The van der Waals surface area contributed by atoms with E-state index in [4.69, 9.17) is 5.73 Å². The summed E-state index contributed by atoms with van der Waals surface area (Å²) in [6.07, 6.45) is 0. The van der Waals surface area contributed by atoms with E-state index in [2.05, 4.69) is 10.6 Å². The van der Waals surface area contributed by atoms with Crippen LogP contribution in [0.3, 0.4) is 0 Å². The molecule has 1 rings (SSSR count). The number of nitrogens with one attached hydrogen (secondary N) is 2. The topological polar surface area (TPSA) is 84.2 Å². The smallest absolute Gasteiger partial charge is 0.252 e. The van der Waals surface area contributed by atoms with Crippen molar-refractivity contribution in [2.45, 2.75) is 20.8 Å². The van der Waals surface area contributed by atoms with E-state index in [0.717, 1.165) is 5.56 Å². The van der Waals surface area contributed by atoms with Gasteiger partial charge in [0.1, 0.15) is 0 Å². The van der Waals surface area contributed by atoms with Gasteiger partial charge in [-0.25, -0.2) is 0 Å². The van der Waals surface area contributed by atoms with Crippen LogP contribution in [0.2, 0.25) is 0 Å². The van der Waals surface area contributed by atoms with Gasteiger partial charge in [0.15, 0.2) is 0 Å². The van der Waals surface area contributed by atoms with Gasteiger partial charge in [-0.05, 0) is 30.5 Å². The molecule has 0 radical (unpaired) electrons. The molecule has 0 unspecified atom stereocenters. The van der Waals surface area contributed by atoms with E-state index in [1.165, 1.54) is 0 Å². The lowest BCUT2D eigenvalue weighted by atomic mass is 10.1. The largest absolute Gasteiger partial charge is 0.399 e. The molecule has 0 spiro atoms. The molecule has 2 amide bonds. The monoisotopic (exact) mass is 263 g/mol. The van der Waals surface area contributed by atoms with Crippen LogP contribution in [0, 0.1) is 12.8 Å². The Kier molecular flexibility index (Phi) is 5.36. The van der Waals surface area contributed by atoms with E-state index in [9.17, 15) is 9.59 Å². The van der Waals surface area contributed by atoms with Crippen LogP contribution in [0.25, 0.3) is 0 Å². The molecule has 0 bridgehead atoms. The average molecular weight is 263 g/mol. The Morgan fingerprint density at radius 2 is 1.95 bits per heavy atom. The van der Waals surface area contributed by atoms with Crippen LogP contribution in [-0.2, 0) is 4.79 Å². The van der Waals surface area contributed by atoms with E-state index >= 15 is 0 Å². The summed E-state index contributed by atoms with van der Waals surface area (Å²) in [5.74, 6) is -0.0936. The van der Waals surface area contributed by atoms with Crippen LogP contribution in [0.4, 0.5) is 5.69 Å². The normalized spacial score (nSPS) is 10.3. The molecule has 0 aliphatic heterocycles. The molecular formula is C14H21N3O2. The van der Waals surface area contributed by atoms with Gasteiger partial charge in [-0.15, -0.1) is 0 Å². The van der Waals surface area contributed by atoms with Crippen LogP contribution in [0.5, 0.6) is 0 Å². The molecule has 0 aliphatic carbocycles. The number of nitrogen functional groups attached to an aromatic ring is 1. The minimum absolute atomic E-state index is 0.0280. The van der Waals surface area contributed by atoms with E-state index in [-0.39, 0.29) is 18.4 Å². The van der Waals surface area contributed by atoms with Gasteiger partial charge in [-0.3, -0.25) is 9.59 Å². The highest BCUT2D eigenvalue weighted by Gasteiger charge is 2.10. The second-order valence-corrected chi connectivity index (χ2v) is 4.95. The fourth-order valence-corrected chi connectivity index (χ4v) is 1.52. The number of rotatable bonds is 5. The zero-order valence-corrected chi connectivity index (χ0v) is 11.6. The number of benzene rings is 1. The van der Waals surface area contributed by atoms with Gasteiger partial charge >= 0.3 is 0 Å². The maximum atomic E-state index is 11.9. The third-order valence-electron chi connectivity index (χ3n) is 2.62. The molecule has 0 aromatic heterocycles. The molecule has 5 heteroatoms. The summed E-state index contributed by atoms with van der Waals surface area (Å²) in [6, 6.07) is 5.13. The number of carbonyl (C=O) groups excluding carboxylic acids is 2. The van der Waals surface area contributed by atoms with Crippen molar-refractivity contribution < 1.29 is 9.59 Å². The SMILES string of the molecule is Cc1ccc(N)cc1C(=O)NCC(=O)NCC(C)C. The van der Waals surface area contributed by atoms with Crippen molar-refractivity contribution in [2.24, 2.45) is 5.92 Å². The molecule has 5 nitrogen and oxygen atoms in total. The third-order valence-corrected chi connectivity index (χ3v) is 2.62. The summed E-state index contributed by atoms with van der Waals surface area (Å²) in [7, 11) is 0. The summed E-state index contributed by atoms with van der Waals surface area (Å²) in [5, 5.41) is 5.32. The summed E-state index contributed by atoms with van der Waals surface area (Å²) >= 11 is 0. The van der Waals surface area contributed by atoms with Crippen LogP contribution in [0.15, 0.2) is 18.2 Å². The van der Waals surface area contributed by atoms with Crippen molar-refractivity contribution in [1.29, 1.82) is 0 Å². The molecule has 0 atom stereocenters. The molecule has 0 saturated heterocycles. The minimum atomic E-state index is -0.288. The van der Waals surface area contributed by atoms with E-state index in [0.29, 0.717) is 23.7 Å². The van der Waals surface area contributed by atoms with Crippen LogP contribution in [-0.4, -0.2) is 24.9 Å². The van der Waals surface area contributed by atoms with Crippen LogP contribution in [0.1, 0.15) is 29.8 Å². The first-order valence-electron chi connectivity index (χ1n) is 6.31. The quantitative estimate of drug-likeness (QED) is 0.695. The van der Waals surface area contributed by atoms with Gasteiger partial charge < -0.3 is 16.4 Å². The summed E-state index contributed by atoms with van der Waals surface area (Å²) in [6.45, 7) is 6.42. The predicted octanol–water partition coefficient (Wildman–Crippen LogP) is 1.08. The van der Waals surface area contributed by atoms with E-state index in [1.807, 2.05) is 20.8 Å². The third kappa shape index (κ3) is 4.99. The highest BCUT2D eigenvalue weighted by Crippen LogP contribution is 2.12. The molecule has 104 valence electrons. The summed E-state index contributed by atoms with van der Waals surface area (Å²) in [4.78, 5) is 23.4. The first-order valence-corrected chi connectivity index (χ1v) is 6.31. The van der Waals surface area contributed by atoms with Crippen molar-refractivity contribution in [3.05, 3.63) is 29.3 Å². The Morgan fingerprint density at radius 3 is 2.58 bits per heavy atom. The molecule has 0 heterocycles. The molecule has 1 aromatic rings. The molecule has 1 aromatic carbocycles. The first kappa shape index (κ1) is 15.0. The van der Waals surface area contributed by atoms with Crippen molar-refractivity contribution in [1.82, 2.24) is 10.6 Å². The lowest BCUT2D eigenvalue weighted by molar-refractivity contribution is -0.120. The molecule has 0 fully saturated rings. The molecular weight excluding hydrogens is 242 g/mol. The standard InChI is InChI=1S/C14H21N3O2/c1-9(2)7-16-13(18)8-17-14(19)12-6-11(15)5-4-10(12)3/h4-6,9H,7-8,15H2,1-3H3,(H,16,18)(H,17,19). The molecule has 0 aliphatic rings. The Balaban J connectivity index is 2.51. The Morgan fingerprint density at radius 1 is 1.26 bits per heavy atom. The Hall–Kier alpha value is -2.04. The summed E-state index contributed by atoms with van der Waals surface area (Å²) < 4.78 is 0. The Bertz CT molecular complexity index is 470. The number of nitrogens with two attached hydrogens (primary N) is 1. The highest BCUT2D eigenvalue weighted by atomic mass is 16.2. The van der Waals surface area contributed by atoms with Crippen molar-refractivity contribution in [2.75, 3.05) is 18.8 Å². The molecule has 4 N–H and O–H groups in total. The van der Waals surface area contributed by atoms with E-state index in [1.54, 1.807) is 18.2 Å². The number of amides is 2. The minimum Gasteiger partial charge on any atom is -0.399 e. The zero-order chi connectivity index (χ0) is 14.4. The van der Waals surface area contributed by atoms with Crippen LogP contribution >= 0.6 is 0 Å². The first-order chi connectivity index (χ1) is 8.90. The maximum absolute atomic E-state index is 11.9. The summed E-state index contributed by atoms with van der Waals surface area (Å²) in [5.41, 5.74) is 7.50. The van der Waals surface area contributed by atoms with Crippen LogP contribution < -0.4 is 16.4 Å². The van der Waals surface area contributed by atoms with Gasteiger partial charge in [0.2, 0.25) is 5.91 Å². The van der Waals surface area contributed by atoms with Gasteiger partial charge in [-0.2, -0.15) is 0 Å². The average Bonchev–Trinajstić information content (AvgIpc) is 2.36. The van der Waals surface area contributed by atoms with Gasteiger partial charge in [0, 0.05) is 17.8 Å². The number of hydrogen-bond donors (Lipinski definition) is 3. The number of hydrogen-bond acceptors (Lipinski definition) is 3. The van der Waals surface area contributed by atoms with E-state index < -0.39 is 0 Å². The highest BCUT2D eigenvalue weighted by molar-refractivity contribution is 5.98. The predicted molar refractivity (Wildman–Crippen MR) is 75.8 cm³/mol. The van der Waals surface area contributed by atoms with Crippen molar-refractivity contribution >= 4 is 17.5 Å². The Labute approximate surface area is 113 Å². The van der Waals surface area contributed by atoms with Crippen molar-refractivity contribution in [3.63, 3.8) is 0 Å². The molecule has 0 saturated carbocycles. The zero-order valence-electron chi connectivity index (χ0n) is 11.6. The van der Waals surface area contributed by atoms with Crippen molar-refractivity contribution in [3.8, 4) is 0 Å². The van der Waals surface area contributed by atoms with Gasteiger partial charge in [0.05, 0.1) is 6.54 Å². The van der Waals surface area contributed by atoms with Gasteiger partial charge in [-0.1, -0.05) is 19.9 Å². The maximum Gasteiger partial charge on any atom is 0.252 e. The second kappa shape index (κ2) is 6.78. The molecule has 19 heavy (non-hydrogen) atoms.